The number of thiophene rings is 1. The van der Waals surface area contributed by atoms with Crippen molar-refractivity contribution in [1.82, 2.24) is 5.16 Å². The lowest BCUT2D eigenvalue weighted by atomic mass is 10.1. The van der Waals surface area contributed by atoms with E-state index in [0.29, 0.717) is 0 Å². The van der Waals surface area contributed by atoms with E-state index < -0.39 is 0 Å². The second kappa shape index (κ2) is 4.90. The first-order valence-corrected chi connectivity index (χ1v) is 7.32. The largest absolute Gasteiger partial charge is 0.361 e. The van der Waals surface area contributed by atoms with Gasteiger partial charge in [0.05, 0.1) is 11.0 Å². The second-order valence-corrected chi connectivity index (χ2v) is 6.05. The smallest absolute Gasteiger partial charge is 0.326 e. The van der Waals surface area contributed by atoms with Gasteiger partial charge < -0.3 is 9.42 Å². The number of hydrogen-bond acceptors (Lipinski definition) is 6. The predicted octanol–water partition coefficient (Wildman–Crippen LogP) is 3.60. The van der Waals surface area contributed by atoms with Gasteiger partial charge in [-0.3, -0.25) is 10.1 Å². The molecule has 1 aliphatic heterocycles. The molecule has 6 nitrogen and oxygen atoms in total. The third-order valence-corrected chi connectivity index (χ3v) is 4.79. The zero-order valence-corrected chi connectivity index (χ0v) is 12.1. The van der Waals surface area contributed by atoms with Crippen LogP contribution in [0.5, 0.6) is 0 Å². The molecule has 20 heavy (non-hydrogen) atoms. The fourth-order valence-electron chi connectivity index (χ4n) is 2.69. The Kier molecular flexibility index (Phi) is 3.21. The maximum Gasteiger partial charge on any atom is 0.326 e. The van der Waals surface area contributed by atoms with Crippen LogP contribution in [-0.2, 0) is 0 Å². The first-order chi connectivity index (χ1) is 9.56. The van der Waals surface area contributed by atoms with E-state index in [0.717, 1.165) is 41.4 Å². The van der Waals surface area contributed by atoms with E-state index >= 15 is 0 Å². The Labute approximate surface area is 120 Å². The molecule has 2 aromatic heterocycles. The molecule has 1 atom stereocenters. The lowest BCUT2D eigenvalue weighted by Gasteiger charge is -2.24. The van der Waals surface area contributed by atoms with E-state index in [9.17, 15) is 10.1 Å². The normalized spacial score (nSPS) is 18.7. The maximum absolute atomic E-state index is 10.9. The topological polar surface area (TPSA) is 72.4 Å². The van der Waals surface area contributed by atoms with Gasteiger partial charge in [0, 0.05) is 18.7 Å². The average Bonchev–Trinajstić information content (AvgIpc) is 3.07. The summed E-state index contributed by atoms with van der Waals surface area (Å²) < 4.78 is 5.15. The van der Waals surface area contributed by atoms with Crippen molar-refractivity contribution >= 4 is 21.3 Å². The van der Waals surface area contributed by atoms with Gasteiger partial charge in [-0.05, 0) is 43.6 Å². The molecule has 0 radical (unpaired) electrons. The summed E-state index contributed by atoms with van der Waals surface area (Å²) in [6, 6.07) is 3.74. The Morgan fingerprint density at radius 1 is 1.50 bits per heavy atom. The fraction of sp³-hybridized carbons (Fsp3) is 0.462. The average molecular weight is 293 g/mol. The molecule has 1 fully saturated rings. The van der Waals surface area contributed by atoms with E-state index in [1.807, 2.05) is 19.9 Å². The second-order valence-electron chi connectivity index (χ2n) is 5.04. The summed E-state index contributed by atoms with van der Waals surface area (Å²) in [7, 11) is 0. The van der Waals surface area contributed by atoms with Crippen molar-refractivity contribution in [2.24, 2.45) is 0 Å². The molecule has 3 rings (SSSR count). The molecule has 1 saturated heterocycles. The van der Waals surface area contributed by atoms with Crippen molar-refractivity contribution in [3.63, 3.8) is 0 Å². The van der Waals surface area contributed by atoms with Crippen molar-refractivity contribution in [3.05, 3.63) is 39.3 Å². The van der Waals surface area contributed by atoms with E-state index in [1.165, 1.54) is 11.3 Å². The summed E-state index contributed by atoms with van der Waals surface area (Å²) in [6.07, 6.45) is 2.05. The van der Waals surface area contributed by atoms with Gasteiger partial charge in [-0.25, -0.2) is 0 Å². The van der Waals surface area contributed by atoms with Gasteiger partial charge in [-0.1, -0.05) is 5.16 Å². The molecule has 0 amide bonds. The van der Waals surface area contributed by atoms with E-state index in [-0.39, 0.29) is 16.0 Å². The zero-order chi connectivity index (χ0) is 14.3. The van der Waals surface area contributed by atoms with Gasteiger partial charge in [0.15, 0.2) is 0 Å². The minimum Gasteiger partial charge on any atom is -0.361 e. The first-order valence-electron chi connectivity index (χ1n) is 6.51. The van der Waals surface area contributed by atoms with Crippen molar-refractivity contribution in [3.8, 4) is 0 Å². The molecule has 2 aromatic rings. The van der Waals surface area contributed by atoms with Crippen LogP contribution in [0.4, 0.5) is 10.0 Å². The highest BCUT2D eigenvalue weighted by atomic mass is 32.1. The van der Waals surface area contributed by atoms with Crippen molar-refractivity contribution in [2.45, 2.75) is 32.7 Å². The quantitative estimate of drug-likeness (QED) is 0.638. The van der Waals surface area contributed by atoms with Crippen LogP contribution in [0.3, 0.4) is 0 Å². The molecule has 0 bridgehead atoms. The van der Waals surface area contributed by atoms with Crippen molar-refractivity contribution < 1.29 is 9.45 Å². The van der Waals surface area contributed by atoms with E-state index in [4.69, 9.17) is 4.52 Å². The zero-order valence-electron chi connectivity index (χ0n) is 11.3. The predicted molar refractivity (Wildman–Crippen MR) is 76.3 cm³/mol. The number of aryl methyl sites for hydroxylation is 2. The van der Waals surface area contributed by atoms with Gasteiger partial charge >= 0.3 is 5.00 Å². The first kappa shape index (κ1) is 13.1. The van der Waals surface area contributed by atoms with Gasteiger partial charge in [0.1, 0.15) is 16.5 Å². The van der Waals surface area contributed by atoms with Crippen LogP contribution < -0.4 is 4.90 Å². The highest BCUT2D eigenvalue weighted by Gasteiger charge is 2.31. The third-order valence-electron chi connectivity index (χ3n) is 3.56. The number of anilines is 1. The number of hydrogen-bond donors (Lipinski definition) is 0. The minimum atomic E-state index is -0.327. The highest BCUT2D eigenvalue weighted by molar-refractivity contribution is 7.19. The van der Waals surface area contributed by atoms with Crippen LogP contribution in [0.2, 0.25) is 0 Å². The molecule has 106 valence electrons. The summed E-state index contributed by atoms with van der Waals surface area (Å²) in [5, 5.41) is 16.2. The van der Waals surface area contributed by atoms with Gasteiger partial charge in [0.25, 0.3) is 0 Å². The molecule has 7 heteroatoms. The maximum atomic E-state index is 10.9. The van der Waals surface area contributed by atoms with E-state index in [2.05, 4.69) is 10.1 Å². The number of rotatable bonds is 3. The van der Waals surface area contributed by atoms with E-state index in [1.54, 1.807) is 6.07 Å². The molecule has 1 aliphatic rings. The molecule has 0 aromatic carbocycles. The molecule has 3 heterocycles. The van der Waals surface area contributed by atoms with Crippen LogP contribution in [0.25, 0.3) is 0 Å². The molecule has 1 unspecified atom stereocenters. The number of aromatic nitrogens is 1. The Hall–Kier alpha value is -1.89. The van der Waals surface area contributed by atoms with Crippen LogP contribution in [0.15, 0.2) is 16.7 Å². The number of nitrogens with zero attached hydrogens (tertiary/aromatic N) is 3. The van der Waals surface area contributed by atoms with Crippen molar-refractivity contribution in [2.75, 3.05) is 11.4 Å². The van der Waals surface area contributed by atoms with Gasteiger partial charge in [0.2, 0.25) is 0 Å². The van der Waals surface area contributed by atoms with Crippen LogP contribution in [-0.4, -0.2) is 16.6 Å². The summed E-state index contributed by atoms with van der Waals surface area (Å²) in [4.78, 5) is 12.8. The Morgan fingerprint density at radius 2 is 2.30 bits per heavy atom. The molecule has 0 saturated carbocycles. The van der Waals surface area contributed by atoms with Gasteiger partial charge in [-0.15, -0.1) is 0 Å². The Bertz CT molecular complexity index is 649. The summed E-state index contributed by atoms with van der Waals surface area (Å²) in [6.45, 7) is 4.69. The van der Waals surface area contributed by atoms with Crippen LogP contribution in [0, 0.1) is 24.0 Å². The van der Waals surface area contributed by atoms with Crippen molar-refractivity contribution in [1.29, 1.82) is 0 Å². The highest BCUT2D eigenvalue weighted by Crippen LogP contribution is 2.43. The molecular formula is C13H15N3O3S. The van der Waals surface area contributed by atoms with Crippen LogP contribution >= 0.6 is 11.3 Å². The van der Waals surface area contributed by atoms with Gasteiger partial charge in [-0.2, -0.15) is 0 Å². The standard InChI is InChI=1S/C13H15N3O3S/c1-8-6-12(16(17)18)20-13(8)15-5-3-4-11(15)10-7-9(2)19-14-10/h6-7,11H,3-5H2,1-2H3. The summed E-state index contributed by atoms with van der Waals surface area (Å²) in [5.74, 6) is 0.792. The fourth-order valence-corrected chi connectivity index (χ4v) is 3.76. The monoisotopic (exact) mass is 293 g/mol. The minimum absolute atomic E-state index is 0.157. The number of nitro groups is 1. The lowest BCUT2D eigenvalue weighted by Crippen LogP contribution is -2.22. The summed E-state index contributed by atoms with van der Waals surface area (Å²) >= 11 is 1.24. The molecule has 0 spiro atoms. The SMILES string of the molecule is Cc1cc(C2CCCN2c2sc([N+](=O)[O-])cc2C)no1. The summed E-state index contributed by atoms with van der Waals surface area (Å²) in [5.41, 5.74) is 1.87. The Morgan fingerprint density at radius 3 is 2.90 bits per heavy atom. The molecule has 0 N–H and O–H groups in total. The molecular weight excluding hydrogens is 278 g/mol. The Balaban J connectivity index is 1.94. The lowest BCUT2D eigenvalue weighted by molar-refractivity contribution is -0.380. The van der Waals surface area contributed by atoms with Crippen LogP contribution in [0.1, 0.15) is 35.9 Å². The third kappa shape index (κ3) is 2.18. The molecule has 0 aliphatic carbocycles.